The summed E-state index contributed by atoms with van der Waals surface area (Å²) >= 11 is 3.73. The first-order valence-corrected chi connectivity index (χ1v) is 31.4. The smallest absolute Gasteiger partial charge is 0.0783 e. The number of para-hydroxylation sites is 3. The molecule has 0 fully saturated rings. The van der Waals surface area contributed by atoms with Crippen LogP contribution in [-0.4, -0.2) is 4.57 Å². The Morgan fingerprint density at radius 2 is 0.713 bits per heavy atom. The third-order valence-corrected chi connectivity index (χ3v) is 20.2. The normalized spacial score (nSPS) is 11.9. The highest BCUT2D eigenvalue weighted by molar-refractivity contribution is 7.26. The summed E-state index contributed by atoms with van der Waals surface area (Å²) < 4.78 is 7.64. The lowest BCUT2D eigenvalue weighted by Crippen LogP contribution is -2.12. The molecule has 87 heavy (non-hydrogen) atoms. The minimum absolute atomic E-state index is 1.07. The van der Waals surface area contributed by atoms with Gasteiger partial charge in [0.2, 0.25) is 0 Å². The standard InChI is InChI=1S/C82H51N3S2/c1-3-22-57(23-4-1)83(59-44-40-52(41-45-59)54-42-46-77-68(48-54)65-31-14-16-38-76(65)86-77)75-51-56(50-69-64-30-13-15-34-72(64)85(82(69)75)71-35-17-21-53-20-7-8-26-60(53)71)55-43-47-78-70(49-55)81-74(37-19-39-79(81)87-78)84(58-24-5-2-6-25-58)73-36-18-33-67-63-28-10-9-27-61(63)62-29-11-12-32-66(62)80(67)73/h1-51H. The van der Waals surface area contributed by atoms with E-state index in [1.807, 2.05) is 22.7 Å². The number of aromatic nitrogens is 1. The minimum Gasteiger partial charge on any atom is -0.309 e. The fourth-order valence-electron chi connectivity index (χ4n) is 14.1. The Morgan fingerprint density at radius 1 is 0.241 bits per heavy atom. The summed E-state index contributed by atoms with van der Waals surface area (Å²) in [5.41, 5.74) is 14.7. The van der Waals surface area contributed by atoms with E-state index in [-0.39, 0.29) is 0 Å². The molecule has 15 aromatic carbocycles. The average molecular weight is 1140 g/mol. The molecule has 0 radical (unpaired) electrons. The Hall–Kier alpha value is -10.8. The van der Waals surface area contributed by atoms with Crippen molar-refractivity contribution in [3.63, 3.8) is 0 Å². The highest BCUT2D eigenvalue weighted by Gasteiger charge is 2.26. The van der Waals surface area contributed by atoms with Gasteiger partial charge in [-0.2, -0.15) is 0 Å². The second-order valence-electron chi connectivity index (χ2n) is 22.7. The molecule has 3 nitrogen and oxygen atoms in total. The molecule has 0 unspecified atom stereocenters. The van der Waals surface area contributed by atoms with Crippen LogP contribution in [0, 0.1) is 0 Å². The molecule has 3 aromatic heterocycles. The molecule has 18 aromatic rings. The van der Waals surface area contributed by atoms with E-state index >= 15 is 0 Å². The van der Waals surface area contributed by atoms with Crippen molar-refractivity contribution in [3.8, 4) is 27.9 Å². The molecule has 0 atom stereocenters. The molecule has 3 heterocycles. The first-order valence-electron chi connectivity index (χ1n) is 29.7. The lowest BCUT2D eigenvalue weighted by atomic mass is 9.92. The van der Waals surface area contributed by atoms with Crippen molar-refractivity contribution >= 4 is 162 Å². The number of fused-ring (bicyclic) bond motifs is 16. The molecular weight excluding hydrogens is 1090 g/mol. The SMILES string of the molecule is c1ccc(N(c2cccc3sc4ccc(-c5cc(N(c6ccccc6)c6ccc(-c7ccc8sc9ccccc9c8c7)cc6)c6c(c5)c5ccccc5n6-c5cccc6ccccc56)cc4c23)c2cccc3c4ccccc4c4ccccc4c23)cc1. The van der Waals surface area contributed by atoms with Gasteiger partial charge in [0.25, 0.3) is 0 Å². The van der Waals surface area contributed by atoms with Gasteiger partial charge in [-0.15, -0.1) is 22.7 Å². The zero-order valence-corrected chi connectivity index (χ0v) is 48.7. The number of rotatable bonds is 9. The van der Waals surface area contributed by atoms with E-state index in [1.54, 1.807) is 0 Å². The van der Waals surface area contributed by atoms with Gasteiger partial charge in [-0.25, -0.2) is 0 Å². The van der Waals surface area contributed by atoms with Crippen LogP contribution in [0.5, 0.6) is 0 Å². The van der Waals surface area contributed by atoms with E-state index in [0.717, 1.165) is 62.0 Å². The maximum absolute atomic E-state index is 2.52. The van der Waals surface area contributed by atoms with Crippen LogP contribution in [-0.2, 0) is 0 Å². The van der Waals surface area contributed by atoms with Gasteiger partial charge in [0.05, 0.1) is 33.8 Å². The van der Waals surface area contributed by atoms with E-state index in [2.05, 4.69) is 324 Å². The third kappa shape index (κ3) is 7.87. The van der Waals surface area contributed by atoms with Crippen LogP contribution in [0.1, 0.15) is 0 Å². The van der Waals surface area contributed by atoms with Crippen molar-refractivity contribution < 1.29 is 0 Å². The molecule has 0 N–H and O–H groups in total. The van der Waals surface area contributed by atoms with Crippen LogP contribution in [0.2, 0.25) is 0 Å². The van der Waals surface area contributed by atoms with Crippen molar-refractivity contribution in [2.75, 3.05) is 9.80 Å². The van der Waals surface area contributed by atoms with E-state index in [9.17, 15) is 0 Å². The Labute approximate surface area is 510 Å². The van der Waals surface area contributed by atoms with Gasteiger partial charge >= 0.3 is 0 Å². The molecule has 0 saturated heterocycles. The Kier molecular flexibility index (Phi) is 11.3. The minimum atomic E-state index is 1.07. The Balaban J connectivity index is 0.879. The van der Waals surface area contributed by atoms with Crippen LogP contribution in [0.4, 0.5) is 34.1 Å². The van der Waals surface area contributed by atoms with Gasteiger partial charge in [-0.1, -0.05) is 200 Å². The summed E-state index contributed by atoms with van der Waals surface area (Å²) in [7, 11) is 0. The number of benzene rings is 15. The Bertz CT molecular complexity index is 5730. The van der Waals surface area contributed by atoms with Crippen molar-refractivity contribution in [2.24, 2.45) is 0 Å². The van der Waals surface area contributed by atoms with Crippen molar-refractivity contribution in [1.82, 2.24) is 4.57 Å². The molecule has 0 aliphatic rings. The second kappa shape index (κ2) is 19.9. The van der Waals surface area contributed by atoms with E-state index in [4.69, 9.17) is 0 Å². The van der Waals surface area contributed by atoms with Crippen LogP contribution >= 0.6 is 22.7 Å². The summed E-state index contributed by atoms with van der Waals surface area (Å²) in [5.74, 6) is 0. The van der Waals surface area contributed by atoms with E-state index in [1.165, 1.54) is 105 Å². The molecule has 0 spiro atoms. The topological polar surface area (TPSA) is 11.4 Å². The zero-order chi connectivity index (χ0) is 57.1. The summed E-state index contributed by atoms with van der Waals surface area (Å²) in [6.45, 7) is 0. The van der Waals surface area contributed by atoms with Gasteiger partial charge in [0.1, 0.15) is 0 Å². The lowest BCUT2D eigenvalue weighted by Gasteiger charge is -2.28. The van der Waals surface area contributed by atoms with E-state index < -0.39 is 0 Å². The average Bonchev–Trinajstić information content (AvgIpc) is 4.41. The zero-order valence-electron chi connectivity index (χ0n) is 47.1. The summed E-state index contributed by atoms with van der Waals surface area (Å²) in [4.78, 5) is 5.00. The summed E-state index contributed by atoms with van der Waals surface area (Å²) in [6, 6.07) is 115. The molecule has 0 amide bonds. The molecular formula is C82H51N3S2. The quantitative estimate of drug-likeness (QED) is 0.133. The molecule has 0 aliphatic carbocycles. The number of nitrogens with zero attached hydrogens (tertiary/aromatic N) is 3. The predicted molar refractivity (Wildman–Crippen MR) is 377 cm³/mol. The van der Waals surface area contributed by atoms with Crippen molar-refractivity contribution in [1.29, 1.82) is 0 Å². The summed E-state index contributed by atoms with van der Waals surface area (Å²) in [6.07, 6.45) is 0. The highest BCUT2D eigenvalue weighted by atomic mass is 32.1. The monoisotopic (exact) mass is 1140 g/mol. The maximum atomic E-state index is 2.52. The largest absolute Gasteiger partial charge is 0.309 e. The fourth-order valence-corrected chi connectivity index (χ4v) is 16.3. The van der Waals surface area contributed by atoms with Crippen molar-refractivity contribution in [3.05, 3.63) is 309 Å². The van der Waals surface area contributed by atoms with Gasteiger partial charge in [0.15, 0.2) is 0 Å². The third-order valence-electron chi connectivity index (χ3n) is 17.9. The number of hydrogen-bond acceptors (Lipinski definition) is 4. The first kappa shape index (κ1) is 49.6. The van der Waals surface area contributed by atoms with Crippen molar-refractivity contribution in [2.45, 2.75) is 0 Å². The number of anilines is 6. The Morgan fingerprint density at radius 3 is 1.46 bits per heavy atom. The summed E-state index contributed by atoms with van der Waals surface area (Å²) in [5, 5.41) is 17.3. The fraction of sp³-hybridized carbons (Fsp3) is 0. The molecule has 0 aliphatic heterocycles. The number of thiophene rings is 2. The molecule has 0 saturated carbocycles. The van der Waals surface area contributed by atoms with Crippen LogP contribution in [0.15, 0.2) is 309 Å². The van der Waals surface area contributed by atoms with Gasteiger partial charge in [0, 0.05) is 79.0 Å². The predicted octanol–water partition coefficient (Wildman–Crippen LogP) is 24.4. The van der Waals surface area contributed by atoms with Gasteiger partial charge < -0.3 is 14.4 Å². The second-order valence-corrected chi connectivity index (χ2v) is 24.9. The van der Waals surface area contributed by atoms with Gasteiger partial charge in [-0.3, -0.25) is 0 Å². The molecule has 406 valence electrons. The van der Waals surface area contributed by atoms with Crippen LogP contribution in [0.25, 0.3) is 133 Å². The molecule has 5 heteroatoms. The van der Waals surface area contributed by atoms with Gasteiger partial charge in [-0.05, 0) is 164 Å². The van der Waals surface area contributed by atoms with Crippen LogP contribution < -0.4 is 9.80 Å². The van der Waals surface area contributed by atoms with E-state index in [0.29, 0.717) is 0 Å². The molecule has 0 bridgehead atoms. The molecule has 18 rings (SSSR count). The first-order chi connectivity index (χ1) is 43.2. The highest BCUT2D eigenvalue weighted by Crippen LogP contribution is 2.52. The lowest BCUT2D eigenvalue weighted by molar-refractivity contribution is 1.18. The maximum Gasteiger partial charge on any atom is 0.0783 e. The number of hydrogen-bond donors (Lipinski definition) is 0. The van der Waals surface area contributed by atoms with Crippen LogP contribution in [0.3, 0.4) is 0 Å².